The van der Waals surface area contributed by atoms with Gasteiger partial charge in [0.1, 0.15) is 22.8 Å². The third-order valence-corrected chi connectivity index (χ3v) is 5.60. The second-order valence-corrected chi connectivity index (χ2v) is 8.13. The summed E-state index contributed by atoms with van der Waals surface area (Å²) in [6.45, 7) is 8.01. The van der Waals surface area contributed by atoms with Crippen molar-refractivity contribution in [2.75, 3.05) is 37.8 Å². The van der Waals surface area contributed by atoms with E-state index in [1.165, 1.54) is 0 Å². The number of carbonyl (C=O) groups excluding carboxylic acids is 1. The molecule has 176 valence electrons. The largest absolute Gasteiger partial charge is 0.494 e. The third kappa shape index (κ3) is 5.98. The number of unbranched alkanes of at least 4 members (excludes halogenated alkanes) is 1. The number of ether oxygens (including phenoxy) is 2. The molecule has 1 aliphatic rings. The Hall–Kier alpha value is -3.20. The van der Waals surface area contributed by atoms with Crippen LogP contribution in [0.25, 0.3) is 11.1 Å². The molecule has 0 spiro atoms. The predicted molar refractivity (Wildman–Crippen MR) is 124 cm³/mol. The average molecular weight is 454 g/mol. The molecule has 0 aliphatic carbocycles. The summed E-state index contributed by atoms with van der Waals surface area (Å²) in [4.78, 5) is 23.8. The highest BCUT2D eigenvalue weighted by atomic mass is 16.5. The van der Waals surface area contributed by atoms with Gasteiger partial charge in [0.05, 0.1) is 25.5 Å². The molecule has 0 atom stereocenters. The number of aryl methyl sites for hydroxylation is 2. The minimum atomic E-state index is -0.0522. The summed E-state index contributed by atoms with van der Waals surface area (Å²) in [6, 6.07) is 7.82. The molecule has 0 bridgehead atoms. The molecule has 1 aliphatic heterocycles. The van der Waals surface area contributed by atoms with Crippen LogP contribution in [0.2, 0.25) is 0 Å². The fourth-order valence-electron chi connectivity index (χ4n) is 3.68. The molecule has 1 amide bonds. The zero-order chi connectivity index (χ0) is 23.0. The summed E-state index contributed by atoms with van der Waals surface area (Å²) in [5.41, 5.74) is 2.24. The number of fused-ring (bicyclic) bond motifs is 1. The van der Waals surface area contributed by atoms with Crippen LogP contribution in [0.1, 0.15) is 43.3 Å². The topological polar surface area (TPSA) is 103 Å². The second-order valence-electron chi connectivity index (χ2n) is 8.13. The Bertz CT molecular complexity index is 1060. The minimum Gasteiger partial charge on any atom is -0.494 e. The third-order valence-electron chi connectivity index (χ3n) is 5.60. The highest BCUT2D eigenvalue weighted by Crippen LogP contribution is 2.27. The lowest BCUT2D eigenvalue weighted by atomic mass is 10.2. The number of anilines is 1. The first kappa shape index (κ1) is 23.0. The van der Waals surface area contributed by atoms with Gasteiger partial charge in [-0.25, -0.2) is 4.98 Å². The predicted octanol–water partition coefficient (Wildman–Crippen LogP) is 3.19. The van der Waals surface area contributed by atoms with Gasteiger partial charge in [0.2, 0.25) is 5.91 Å². The molecule has 9 heteroatoms. The van der Waals surface area contributed by atoms with E-state index in [0.29, 0.717) is 44.1 Å². The van der Waals surface area contributed by atoms with E-state index in [-0.39, 0.29) is 5.91 Å². The summed E-state index contributed by atoms with van der Waals surface area (Å²) in [5.74, 6) is 2.18. The van der Waals surface area contributed by atoms with Crippen molar-refractivity contribution >= 4 is 22.8 Å². The minimum absolute atomic E-state index is 0.0522. The number of carbonyl (C=O) groups is 1. The van der Waals surface area contributed by atoms with Crippen LogP contribution in [-0.2, 0) is 22.5 Å². The van der Waals surface area contributed by atoms with E-state index in [0.717, 1.165) is 60.7 Å². The molecular weight excluding hydrogens is 422 g/mol. The summed E-state index contributed by atoms with van der Waals surface area (Å²) < 4.78 is 16.5. The van der Waals surface area contributed by atoms with Gasteiger partial charge in [0, 0.05) is 32.5 Å². The average Bonchev–Trinajstić information content (AvgIpc) is 3.23. The van der Waals surface area contributed by atoms with E-state index in [2.05, 4.69) is 27.3 Å². The lowest BCUT2D eigenvalue weighted by Gasteiger charge is -2.28. The van der Waals surface area contributed by atoms with Crippen LogP contribution in [0.3, 0.4) is 0 Å². The molecule has 0 radical (unpaired) electrons. The van der Waals surface area contributed by atoms with Gasteiger partial charge in [-0.1, -0.05) is 30.6 Å². The SMILES string of the molecule is CCCCOc1ccc(CNC(=O)CCc2nc(N3CCOCC3)c3c(C)noc3n2)cc1. The molecule has 1 N–H and O–H groups in total. The molecule has 1 aromatic carbocycles. The van der Waals surface area contributed by atoms with E-state index >= 15 is 0 Å². The van der Waals surface area contributed by atoms with Crippen LogP contribution >= 0.6 is 0 Å². The van der Waals surface area contributed by atoms with Gasteiger partial charge < -0.3 is 24.2 Å². The van der Waals surface area contributed by atoms with Crippen molar-refractivity contribution in [3.63, 3.8) is 0 Å². The van der Waals surface area contributed by atoms with Gasteiger partial charge >= 0.3 is 0 Å². The Morgan fingerprint density at radius 1 is 1.18 bits per heavy atom. The number of amides is 1. The molecular formula is C24H31N5O4. The first-order chi connectivity index (χ1) is 16.1. The fourth-order valence-corrected chi connectivity index (χ4v) is 3.68. The zero-order valence-corrected chi connectivity index (χ0v) is 19.3. The maximum absolute atomic E-state index is 12.4. The summed E-state index contributed by atoms with van der Waals surface area (Å²) in [7, 11) is 0. The van der Waals surface area contributed by atoms with Crippen LogP contribution in [0.5, 0.6) is 5.75 Å². The number of hydrogen-bond donors (Lipinski definition) is 1. The Morgan fingerprint density at radius 2 is 1.97 bits per heavy atom. The highest BCUT2D eigenvalue weighted by Gasteiger charge is 2.21. The van der Waals surface area contributed by atoms with Crippen LogP contribution < -0.4 is 15.0 Å². The molecule has 1 fully saturated rings. The molecule has 1 saturated heterocycles. The van der Waals surface area contributed by atoms with Gasteiger partial charge in [-0.15, -0.1) is 0 Å². The van der Waals surface area contributed by atoms with Crippen molar-refractivity contribution in [2.24, 2.45) is 0 Å². The number of benzene rings is 1. The molecule has 3 heterocycles. The second kappa shape index (κ2) is 11.1. The molecule has 9 nitrogen and oxygen atoms in total. The number of hydrogen-bond acceptors (Lipinski definition) is 8. The monoisotopic (exact) mass is 453 g/mol. The Balaban J connectivity index is 1.33. The Kier molecular flexibility index (Phi) is 7.72. The lowest BCUT2D eigenvalue weighted by Crippen LogP contribution is -2.37. The normalized spacial score (nSPS) is 13.9. The van der Waals surface area contributed by atoms with Crippen LogP contribution in [-0.4, -0.2) is 53.9 Å². The van der Waals surface area contributed by atoms with Crippen molar-refractivity contribution in [2.45, 2.75) is 46.1 Å². The van der Waals surface area contributed by atoms with E-state index in [9.17, 15) is 4.79 Å². The van der Waals surface area contributed by atoms with Crippen molar-refractivity contribution in [3.05, 3.63) is 41.3 Å². The Labute approximate surface area is 193 Å². The first-order valence-electron chi connectivity index (χ1n) is 11.6. The van der Waals surface area contributed by atoms with Gasteiger partial charge in [0.25, 0.3) is 5.71 Å². The first-order valence-corrected chi connectivity index (χ1v) is 11.6. The number of morpholine rings is 1. The molecule has 4 rings (SSSR count). The van der Waals surface area contributed by atoms with E-state index in [4.69, 9.17) is 19.0 Å². The van der Waals surface area contributed by atoms with Gasteiger partial charge in [-0.2, -0.15) is 4.98 Å². The summed E-state index contributed by atoms with van der Waals surface area (Å²) in [5, 5.41) is 7.84. The summed E-state index contributed by atoms with van der Waals surface area (Å²) in [6.07, 6.45) is 2.86. The number of nitrogens with one attached hydrogen (secondary N) is 1. The van der Waals surface area contributed by atoms with Crippen molar-refractivity contribution in [1.29, 1.82) is 0 Å². The van der Waals surface area contributed by atoms with Crippen molar-refractivity contribution < 1.29 is 18.8 Å². The van der Waals surface area contributed by atoms with Crippen molar-refractivity contribution in [1.82, 2.24) is 20.4 Å². The summed E-state index contributed by atoms with van der Waals surface area (Å²) >= 11 is 0. The molecule has 0 saturated carbocycles. The van der Waals surface area contributed by atoms with Crippen LogP contribution in [0.15, 0.2) is 28.8 Å². The van der Waals surface area contributed by atoms with Crippen LogP contribution in [0.4, 0.5) is 5.82 Å². The zero-order valence-electron chi connectivity index (χ0n) is 19.3. The van der Waals surface area contributed by atoms with Gasteiger partial charge in [-0.05, 0) is 31.0 Å². The Morgan fingerprint density at radius 3 is 2.73 bits per heavy atom. The standard InChI is InChI=1S/C24H31N5O4/c1-3-4-13-32-19-7-5-18(6-8-19)16-25-21(30)10-9-20-26-23(29-11-14-31-15-12-29)22-17(2)28-33-24(22)27-20/h5-8H,3-4,9-16H2,1-2H3,(H,25,30). The maximum Gasteiger partial charge on any atom is 0.263 e. The number of rotatable bonds is 10. The molecule has 33 heavy (non-hydrogen) atoms. The lowest BCUT2D eigenvalue weighted by molar-refractivity contribution is -0.121. The van der Waals surface area contributed by atoms with E-state index < -0.39 is 0 Å². The van der Waals surface area contributed by atoms with Crippen LogP contribution in [0, 0.1) is 6.92 Å². The smallest absolute Gasteiger partial charge is 0.263 e. The van der Waals surface area contributed by atoms with Gasteiger partial charge in [-0.3, -0.25) is 4.79 Å². The molecule has 0 unspecified atom stereocenters. The van der Waals surface area contributed by atoms with Crippen molar-refractivity contribution in [3.8, 4) is 5.75 Å². The molecule has 3 aromatic rings. The maximum atomic E-state index is 12.4. The highest BCUT2D eigenvalue weighted by molar-refractivity contribution is 5.88. The fraction of sp³-hybridized carbons (Fsp3) is 0.500. The molecule has 2 aromatic heterocycles. The quantitative estimate of drug-likeness (QED) is 0.467. The van der Waals surface area contributed by atoms with Gasteiger partial charge in [0.15, 0.2) is 0 Å². The van der Waals surface area contributed by atoms with E-state index in [1.54, 1.807) is 0 Å². The number of nitrogens with zero attached hydrogens (tertiary/aromatic N) is 4. The van der Waals surface area contributed by atoms with E-state index in [1.807, 2.05) is 31.2 Å². The number of aromatic nitrogens is 3.